The SMILES string of the molecule is NC(=O)C1CCCN1c1ccc(C(N)=S)c(F)c1. The van der Waals surface area contributed by atoms with E-state index >= 15 is 0 Å². The summed E-state index contributed by atoms with van der Waals surface area (Å²) >= 11 is 4.74. The van der Waals surface area contributed by atoms with Crippen LogP contribution in [0.5, 0.6) is 0 Å². The third-order valence-electron chi connectivity index (χ3n) is 3.13. The van der Waals surface area contributed by atoms with Crippen LogP contribution in [-0.4, -0.2) is 23.5 Å². The van der Waals surface area contributed by atoms with E-state index in [0.29, 0.717) is 18.7 Å². The Balaban J connectivity index is 2.32. The first-order valence-electron chi connectivity index (χ1n) is 5.66. The van der Waals surface area contributed by atoms with Crippen molar-refractivity contribution in [3.63, 3.8) is 0 Å². The minimum atomic E-state index is -0.477. The van der Waals surface area contributed by atoms with E-state index in [4.69, 9.17) is 23.7 Å². The first kappa shape index (κ1) is 12.8. The standard InChI is InChI=1S/C12H14FN3OS/c13-9-6-7(3-4-8(9)12(15)18)16-5-1-2-10(16)11(14)17/h3-4,6,10H,1-2,5H2,(H2,14,17)(H2,15,18). The van der Waals surface area contributed by atoms with E-state index in [1.165, 1.54) is 12.1 Å². The van der Waals surface area contributed by atoms with E-state index in [9.17, 15) is 9.18 Å². The highest BCUT2D eigenvalue weighted by molar-refractivity contribution is 7.80. The molecule has 2 rings (SSSR count). The summed E-state index contributed by atoms with van der Waals surface area (Å²) in [5.41, 5.74) is 11.6. The van der Waals surface area contributed by atoms with Gasteiger partial charge in [0.2, 0.25) is 5.91 Å². The van der Waals surface area contributed by atoms with Crippen molar-refractivity contribution in [2.75, 3.05) is 11.4 Å². The highest BCUT2D eigenvalue weighted by Gasteiger charge is 2.29. The van der Waals surface area contributed by atoms with Gasteiger partial charge in [-0.15, -0.1) is 0 Å². The molecular weight excluding hydrogens is 253 g/mol. The normalized spacial score (nSPS) is 18.9. The van der Waals surface area contributed by atoms with Crippen LogP contribution >= 0.6 is 12.2 Å². The average molecular weight is 267 g/mol. The maximum absolute atomic E-state index is 13.8. The Bertz CT molecular complexity index is 506. The quantitative estimate of drug-likeness (QED) is 0.799. The Morgan fingerprint density at radius 1 is 1.44 bits per heavy atom. The maximum Gasteiger partial charge on any atom is 0.240 e. The van der Waals surface area contributed by atoms with Crippen molar-refractivity contribution in [1.82, 2.24) is 0 Å². The van der Waals surface area contributed by atoms with E-state index in [1.807, 2.05) is 4.90 Å². The number of carbonyl (C=O) groups excluding carboxylic acids is 1. The van der Waals surface area contributed by atoms with Gasteiger partial charge in [-0.2, -0.15) is 0 Å². The Hall–Kier alpha value is -1.69. The molecule has 4 N–H and O–H groups in total. The Labute approximate surface area is 110 Å². The second-order valence-electron chi connectivity index (χ2n) is 4.28. The molecule has 18 heavy (non-hydrogen) atoms. The van der Waals surface area contributed by atoms with E-state index in [-0.39, 0.29) is 22.5 Å². The molecule has 1 aliphatic rings. The third kappa shape index (κ3) is 2.28. The average Bonchev–Trinajstić information content (AvgIpc) is 2.77. The fraction of sp³-hybridized carbons (Fsp3) is 0.333. The van der Waals surface area contributed by atoms with Gasteiger partial charge in [-0.1, -0.05) is 12.2 Å². The molecule has 0 saturated carbocycles. The maximum atomic E-state index is 13.8. The number of benzene rings is 1. The molecule has 4 nitrogen and oxygen atoms in total. The fourth-order valence-electron chi connectivity index (χ4n) is 2.25. The topological polar surface area (TPSA) is 72.4 Å². The molecule has 1 aromatic carbocycles. The smallest absolute Gasteiger partial charge is 0.240 e. The largest absolute Gasteiger partial charge is 0.389 e. The molecule has 1 saturated heterocycles. The van der Waals surface area contributed by atoms with Crippen molar-refractivity contribution < 1.29 is 9.18 Å². The van der Waals surface area contributed by atoms with Crippen LogP contribution in [0.2, 0.25) is 0 Å². The summed E-state index contributed by atoms with van der Waals surface area (Å²) in [5, 5.41) is 0. The highest BCUT2D eigenvalue weighted by Crippen LogP contribution is 2.27. The van der Waals surface area contributed by atoms with Gasteiger partial charge in [0.1, 0.15) is 16.8 Å². The molecule has 1 aliphatic heterocycles. The zero-order valence-corrected chi connectivity index (χ0v) is 10.5. The zero-order valence-electron chi connectivity index (χ0n) is 9.73. The zero-order chi connectivity index (χ0) is 13.3. The van der Waals surface area contributed by atoms with E-state index in [2.05, 4.69) is 0 Å². The van der Waals surface area contributed by atoms with Gasteiger partial charge in [0.25, 0.3) is 0 Å². The molecule has 1 unspecified atom stereocenters. The van der Waals surface area contributed by atoms with Crippen LogP contribution in [0.15, 0.2) is 18.2 Å². The predicted molar refractivity (Wildman–Crippen MR) is 71.8 cm³/mol. The van der Waals surface area contributed by atoms with Crippen molar-refractivity contribution >= 4 is 28.8 Å². The van der Waals surface area contributed by atoms with Crippen molar-refractivity contribution in [2.24, 2.45) is 11.5 Å². The second kappa shape index (κ2) is 4.89. The number of nitrogens with zero attached hydrogens (tertiary/aromatic N) is 1. The molecule has 1 aromatic rings. The summed E-state index contributed by atoms with van der Waals surface area (Å²) in [6.07, 6.45) is 1.57. The lowest BCUT2D eigenvalue weighted by molar-refractivity contribution is -0.119. The number of hydrogen-bond donors (Lipinski definition) is 2. The van der Waals surface area contributed by atoms with Crippen molar-refractivity contribution in [1.29, 1.82) is 0 Å². The van der Waals surface area contributed by atoms with Gasteiger partial charge in [0.15, 0.2) is 0 Å². The van der Waals surface area contributed by atoms with Crippen LogP contribution < -0.4 is 16.4 Å². The molecule has 1 amide bonds. The van der Waals surface area contributed by atoms with E-state index in [1.54, 1.807) is 6.07 Å². The molecule has 6 heteroatoms. The lowest BCUT2D eigenvalue weighted by atomic mass is 10.1. The Kier molecular flexibility index (Phi) is 3.47. The summed E-state index contributed by atoms with van der Waals surface area (Å²) in [7, 11) is 0. The van der Waals surface area contributed by atoms with Gasteiger partial charge in [0, 0.05) is 17.8 Å². The molecule has 0 radical (unpaired) electrons. The van der Waals surface area contributed by atoms with Crippen LogP contribution in [0.3, 0.4) is 0 Å². The van der Waals surface area contributed by atoms with Crippen LogP contribution in [0.25, 0.3) is 0 Å². The first-order valence-corrected chi connectivity index (χ1v) is 6.07. The summed E-state index contributed by atoms with van der Waals surface area (Å²) in [5.74, 6) is -0.860. The summed E-state index contributed by atoms with van der Waals surface area (Å²) < 4.78 is 13.8. The number of hydrogen-bond acceptors (Lipinski definition) is 3. The van der Waals surface area contributed by atoms with Gasteiger partial charge in [-0.05, 0) is 31.0 Å². The molecule has 0 aromatic heterocycles. The number of rotatable bonds is 3. The fourth-order valence-corrected chi connectivity index (χ4v) is 2.42. The van der Waals surface area contributed by atoms with Crippen LogP contribution in [0, 0.1) is 5.82 Å². The molecule has 96 valence electrons. The minimum absolute atomic E-state index is 0.0203. The monoisotopic (exact) mass is 267 g/mol. The number of thiocarbonyl (C=S) groups is 1. The van der Waals surface area contributed by atoms with Gasteiger partial charge >= 0.3 is 0 Å². The number of halogens is 1. The minimum Gasteiger partial charge on any atom is -0.389 e. The number of carbonyl (C=O) groups is 1. The number of nitrogens with two attached hydrogens (primary N) is 2. The highest BCUT2D eigenvalue weighted by atomic mass is 32.1. The predicted octanol–water partition coefficient (Wildman–Crippen LogP) is 0.914. The van der Waals surface area contributed by atoms with Gasteiger partial charge in [-0.25, -0.2) is 4.39 Å². The van der Waals surface area contributed by atoms with Crippen molar-refractivity contribution in [3.8, 4) is 0 Å². The molecule has 1 heterocycles. The number of primary amides is 1. The van der Waals surface area contributed by atoms with E-state index < -0.39 is 5.82 Å². The molecular formula is C12H14FN3OS. The summed E-state index contributed by atoms with van der Waals surface area (Å²) in [6, 6.07) is 4.22. The summed E-state index contributed by atoms with van der Waals surface area (Å²) in [4.78, 5) is 13.1. The summed E-state index contributed by atoms with van der Waals surface area (Å²) in [6.45, 7) is 0.694. The lowest BCUT2D eigenvalue weighted by Gasteiger charge is -2.24. The van der Waals surface area contributed by atoms with Gasteiger partial charge in [0.05, 0.1) is 0 Å². The number of anilines is 1. The molecule has 0 spiro atoms. The Morgan fingerprint density at radius 3 is 2.72 bits per heavy atom. The Morgan fingerprint density at radius 2 is 2.17 bits per heavy atom. The lowest BCUT2D eigenvalue weighted by Crippen LogP contribution is -2.40. The first-order chi connectivity index (χ1) is 8.50. The molecule has 0 bridgehead atoms. The molecule has 1 fully saturated rings. The van der Waals surface area contributed by atoms with Crippen molar-refractivity contribution in [2.45, 2.75) is 18.9 Å². The van der Waals surface area contributed by atoms with Crippen molar-refractivity contribution in [3.05, 3.63) is 29.6 Å². The molecule has 1 atom stereocenters. The second-order valence-corrected chi connectivity index (χ2v) is 4.72. The van der Waals surface area contributed by atoms with Gasteiger partial charge < -0.3 is 16.4 Å². The third-order valence-corrected chi connectivity index (χ3v) is 3.35. The van der Waals surface area contributed by atoms with Crippen LogP contribution in [-0.2, 0) is 4.79 Å². The molecule has 0 aliphatic carbocycles. The van der Waals surface area contributed by atoms with Crippen LogP contribution in [0.4, 0.5) is 10.1 Å². The van der Waals surface area contributed by atoms with Crippen LogP contribution in [0.1, 0.15) is 18.4 Å². The number of amides is 1. The van der Waals surface area contributed by atoms with E-state index in [0.717, 1.165) is 6.42 Å². The van der Waals surface area contributed by atoms with Gasteiger partial charge in [-0.3, -0.25) is 4.79 Å².